The summed E-state index contributed by atoms with van der Waals surface area (Å²) in [4.78, 5) is 11.1. The van der Waals surface area contributed by atoms with Crippen LogP contribution in [0.5, 0.6) is 0 Å². The molecular weight excluding hydrogens is 371 g/mol. The molecule has 8 heteroatoms. The Hall–Kier alpha value is -3.81. The number of halogens is 1. The standard InChI is InChI=1S/C21H19FN6O/c1-14(29)24-16-8-6-15(7-9-16)12-13-23-19-10-11-20-25-26-21(28(20)27-19)17-4-2-3-5-18(17)22/h2-11H,12-13H2,1H3,(H,23,27)(H,24,29). The summed E-state index contributed by atoms with van der Waals surface area (Å²) in [5.74, 6) is 0.536. The van der Waals surface area contributed by atoms with Gasteiger partial charge in [-0.15, -0.1) is 15.3 Å². The van der Waals surface area contributed by atoms with Crippen LogP contribution in [-0.4, -0.2) is 32.3 Å². The Kier molecular flexibility index (Phi) is 5.15. The lowest BCUT2D eigenvalue weighted by atomic mass is 10.1. The van der Waals surface area contributed by atoms with E-state index in [0.29, 0.717) is 29.4 Å². The normalized spacial score (nSPS) is 10.8. The third-order valence-electron chi connectivity index (χ3n) is 4.37. The van der Waals surface area contributed by atoms with Crippen LogP contribution in [0, 0.1) is 5.82 Å². The summed E-state index contributed by atoms with van der Waals surface area (Å²) in [6, 6.07) is 17.7. The van der Waals surface area contributed by atoms with Gasteiger partial charge in [0.15, 0.2) is 11.5 Å². The zero-order valence-corrected chi connectivity index (χ0v) is 15.8. The zero-order chi connectivity index (χ0) is 20.2. The Labute approximate surface area is 166 Å². The molecule has 0 radical (unpaired) electrons. The maximum Gasteiger partial charge on any atom is 0.221 e. The van der Waals surface area contributed by atoms with Gasteiger partial charge in [0.2, 0.25) is 5.91 Å². The molecule has 0 saturated carbocycles. The first-order valence-electron chi connectivity index (χ1n) is 9.18. The molecule has 4 aromatic rings. The number of carbonyl (C=O) groups is 1. The molecule has 0 unspecified atom stereocenters. The second kappa shape index (κ2) is 8.05. The summed E-state index contributed by atoms with van der Waals surface area (Å²) in [6.07, 6.45) is 0.780. The lowest BCUT2D eigenvalue weighted by molar-refractivity contribution is -0.114. The van der Waals surface area contributed by atoms with Crippen LogP contribution in [0.15, 0.2) is 60.7 Å². The van der Waals surface area contributed by atoms with E-state index in [1.807, 2.05) is 30.3 Å². The molecule has 146 valence electrons. The van der Waals surface area contributed by atoms with E-state index in [4.69, 9.17) is 0 Å². The Balaban J connectivity index is 1.45. The Morgan fingerprint density at radius 2 is 1.83 bits per heavy atom. The van der Waals surface area contributed by atoms with Crippen LogP contribution in [0.25, 0.3) is 17.0 Å². The van der Waals surface area contributed by atoms with Gasteiger partial charge in [-0.1, -0.05) is 24.3 Å². The molecule has 1 amide bonds. The second-order valence-electron chi connectivity index (χ2n) is 6.55. The Morgan fingerprint density at radius 1 is 1.03 bits per heavy atom. The minimum atomic E-state index is -0.371. The number of nitrogens with zero attached hydrogens (tertiary/aromatic N) is 4. The van der Waals surface area contributed by atoms with E-state index in [1.54, 1.807) is 24.3 Å². The molecule has 2 heterocycles. The van der Waals surface area contributed by atoms with E-state index in [9.17, 15) is 9.18 Å². The number of benzene rings is 2. The number of carbonyl (C=O) groups excluding carboxylic acids is 1. The minimum absolute atomic E-state index is 0.0929. The van der Waals surface area contributed by atoms with E-state index in [-0.39, 0.29) is 11.7 Å². The van der Waals surface area contributed by atoms with E-state index >= 15 is 0 Å². The van der Waals surface area contributed by atoms with Crippen molar-refractivity contribution in [3.63, 3.8) is 0 Å². The molecular formula is C21H19FN6O. The average Bonchev–Trinajstić information content (AvgIpc) is 3.12. The molecule has 0 aliphatic heterocycles. The molecule has 0 spiro atoms. The molecule has 2 aromatic heterocycles. The van der Waals surface area contributed by atoms with Gasteiger partial charge >= 0.3 is 0 Å². The largest absolute Gasteiger partial charge is 0.368 e. The highest BCUT2D eigenvalue weighted by atomic mass is 19.1. The van der Waals surface area contributed by atoms with E-state index in [1.165, 1.54) is 17.5 Å². The van der Waals surface area contributed by atoms with Crippen LogP contribution in [0.2, 0.25) is 0 Å². The average molecular weight is 390 g/mol. The summed E-state index contributed by atoms with van der Waals surface area (Å²) in [5, 5.41) is 18.6. The van der Waals surface area contributed by atoms with Gasteiger partial charge in [-0.05, 0) is 48.4 Å². The summed E-state index contributed by atoms with van der Waals surface area (Å²) in [7, 11) is 0. The predicted molar refractivity (Wildman–Crippen MR) is 109 cm³/mol. The lowest BCUT2D eigenvalue weighted by Gasteiger charge is -2.08. The first-order chi connectivity index (χ1) is 14.1. The SMILES string of the molecule is CC(=O)Nc1ccc(CCNc2ccc3nnc(-c4ccccc4F)n3n2)cc1. The molecule has 0 fully saturated rings. The molecule has 0 saturated heterocycles. The molecule has 29 heavy (non-hydrogen) atoms. The molecule has 4 rings (SSSR count). The van der Waals surface area contributed by atoms with Crippen molar-refractivity contribution in [2.45, 2.75) is 13.3 Å². The fourth-order valence-electron chi connectivity index (χ4n) is 2.99. The highest BCUT2D eigenvalue weighted by Gasteiger charge is 2.13. The Morgan fingerprint density at radius 3 is 2.59 bits per heavy atom. The molecule has 0 bridgehead atoms. The second-order valence-corrected chi connectivity index (χ2v) is 6.55. The molecule has 0 atom stereocenters. The lowest BCUT2D eigenvalue weighted by Crippen LogP contribution is -2.09. The first kappa shape index (κ1) is 18.5. The van der Waals surface area contributed by atoms with Crippen molar-refractivity contribution >= 4 is 23.1 Å². The highest BCUT2D eigenvalue weighted by molar-refractivity contribution is 5.88. The zero-order valence-electron chi connectivity index (χ0n) is 15.8. The third-order valence-corrected chi connectivity index (χ3v) is 4.37. The fourth-order valence-corrected chi connectivity index (χ4v) is 2.99. The summed E-state index contributed by atoms with van der Waals surface area (Å²) < 4.78 is 15.7. The van der Waals surface area contributed by atoms with Crippen molar-refractivity contribution in [3.05, 3.63) is 72.0 Å². The smallest absolute Gasteiger partial charge is 0.221 e. The Bertz CT molecular complexity index is 1160. The van der Waals surface area contributed by atoms with Gasteiger partial charge in [0.25, 0.3) is 0 Å². The van der Waals surface area contributed by atoms with E-state index in [2.05, 4.69) is 25.9 Å². The van der Waals surface area contributed by atoms with Crippen LogP contribution < -0.4 is 10.6 Å². The van der Waals surface area contributed by atoms with Crippen LogP contribution in [0.1, 0.15) is 12.5 Å². The van der Waals surface area contributed by atoms with Gasteiger partial charge in [-0.3, -0.25) is 4.79 Å². The molecule has 2 N–H and O–H groups in total. The summed E-state index contributed by atoms with van der Waals surface area (Å²) >= 11 is 0. The van der Waals surface area contributed by atoms with E-state index < -0.39 is 0 Å². The van der Waals surface area contributed by atoms with Gasteiger partial charge in [-0.25, -0.2) is 4.39 Å². The van der Waals surface area contributed by atoms with Crippen LogP contribution in [-0.2, 0) is 11.2 Å². The van der Waals surface area contributed by atoms with Gasteiger partial charge in [0.1, 0.15) is 11.6 Å². The molecule has 2 aromatic carbocycles. The van der Waals surface area contributed by atoms with Gasteiger partial charge in [0.05, 0.1) is 5.56 Å². The number of hydrogen-bond acceptors (Lipinski definition) is 5. The quantitative estimate of drug-likeness (QED) is 0.526. The van der Waals surface area contributed by atoms with Gasteiger partial charge in [-0.2, -0.15) is 4.52 Å². The van der Waals surface area contributed by atoms with Crippen LogP contribution in [0.4, 0.5) is 15.9 Å². The molecule has 0 aliphatic carbocycles. The minimum Gasteiger partial charge on any atom is -0.368 e. The number of aromatic nitrogens is 4. The number of anilines is 2. The van der Waals surface area contributed by atoms with Crippen molar-refractivity contribution in [2.24, 2.45) is 0 Å². The number of hydrogen-bond donors (Lipinski definition) is 2. The topological polar surface area (TPSA) is 84.2 Å². The first-order valence-corrected chi connectivity index (χ1v) is 9.18. The maximum absolute atomic E-state index is 14.1. The van der Waals surface area contributed by atoms with Crippen molar-refractivity contribution in [1.82, 2.24) is 19.8 Å². The monoisotopic (exact) mass is 390 g/mol. The molecule has 7 nitrogen and oxygen atoms in total. The highest BCUT2D eigenvalue weighted by Crippen LogP contribution is 2.21. The summed E-state index contributed by atoms with van der Waals surface area (Å²) in [6.45, 7) is 2.14. The van der Waals surface area contributed by atoms with Gasteiger partial charge < -0.3 is 10.6 Å². The van der Waals surface area contributed by atoms with Crippen molar-refractivity contribution in [2.75, 3.05) is 17.2 Å². The summed E-state index contributed by atoms with van der Waals surface area (Å²) in [5.41, 5.74) is 2.80. The molecule has 0 aliphatic rings. The van der Waals surface area contributed by atoms with Crippen LogP contribution in [0.3, 0.4) is 0 Å². The van der Waals surface area contributed by atoms with Crippen LogP contribution >= 0.6 is 0 Å². The van der Waals surface area contributed by atoms with Crippen molar-refractivity contribution < 1.29 is 9.18 Å². The van der Waals surface area contributed by atoms with Gasteiger partial charge in [0, 0.05) is 19.2 Å². The fraction of sp³-hybridized carbons (Fsp3) is 0.143. The van der Waals surface area contributed by atoms with Crippen molar-refractivity contribution in [1.29, 1.82) is 0 Å². The third kappa shape index (κ3) is 4.21. The van der Waals surface area contributed by atoms with Crippen molar-refractivity contribution in [3.8, 4) is 11.4 Å². The predicted octanol–water partition coefficient (Wildman–Crippen LogP) is 3.54. The number of amides is 1. The maximum atomic E-state index is 14.1. The number of rotatable bonds is 6. The number of nitrogens with one attached hydrogen (secondary N) is 2. The number of fused-ring (bicyclic) bond motifs is 1. The van der Waals surface area contributed by atoms with E-state index in [0.717, 1.165) is 17.7 Å².